The maximum atomic E-state index is 4.52. The molecule has 0 amide bonds. The van der Waals surface area contributed by atoms with Crippen molar-refractivity contribution in [2.24, 2.45) is 7.05 Å². The highest BCUT2D eigenvalue weighted by molar-refractivity contribution is 5.19. The lowest BCUT2D eigenvalue weighted by molar-refractivity contribution is 0.302. The lowest BCUT2D eigenvalue weighted by Gasteiger charge is -2.18. The zero-order valence-corrected chi connectivity index (χ0v) is 12.5. The molecule has 0 bridgehead atoms. The van der Waals surface area contributed by atoms with Gasteiger partial charge in [0.2, 0.25) is 0 Å². The molecular formula is C14H28N4. The fraction of sp³-hybridized carbons (Fsp3) is 0.786. The molecule has 0 aliphatic carbocycles. The Hall–Kier alpha value is -0.870. The first-order valence-corrected chi connectivity index (χ1v) is 7.03. The van der Waals surface area contributed by atoms with E-state index < -0.39 is 0 Å². The second kappa shape index (κ2) is 7.54. The Morgan fingerprint density at radius 3 is 2.56 bits per heavy atom. The zero-order valence-electron chi connectivity index (χ0n) is 12.5. The molecule has 4 nitrogen and oxygen atoms in total. The number of nitrogens with one attached hydrogen (secondary N) is 1. The molecule has 0 aromatic carbocycles. The van der Waals surface area contributed by atoms with Gasteiger partial charge in [-0.15, -0.1) is 0 Å². The van der Waals surface area contributed by atoms with Crippen LogP contribution in [0.15, 0.2) is 6.20 Å². The van der Waals surface area contributed by atoms with Gasteiger partial charge in [-0.05, 0) is 19.0 Å². The van der Waals surface area contributed by atoms with Gasteiger partial charge >= 0.3 is 0 Å². The maximum Gasteiger partial charge on any atom is 0.0694 e. The fourth-order valence-electron chi connectivity index (χ4n) is 2.18. The topological polar surface area (TPSA) is 33.1 Å². The molecule has 1 N–H and O–H groups in total. The third-order valence-electron chi connectivity index (χ3n) is 3.30. The van der Waals surface area contributed by atoms with Gasteiger partial charge in [-0.2, -0.15) is 5.10 Å². The molecule has 0 unspecified atom stereocenters. The van der Waals surface area contributed by atoms with Crippen LogP contribution in [-0.2, 0) is 13.6 Å². The van der Waals surface area contributed by atoms with E-state index in [9.17, 15) is 0 Å². The molecule has 1 aromatic rings. The average molecular weight is 252 g/mol. The minimum absolute atomic E-state index is 0.491. The molecule has 0 saturated heterocycles. The first-order valence-electron chi connectivity index (χ1n) is 7.03. The lowest BCUT2D eigenvalue weighted by atomic mass is 10.1. The van der Waals surface area contributed by atoms with Gasteiger partial charge in [-0.25, -0.2) is 0 Å². The van der Waals surface area contributed by atoms with Crippen molar-refractivity contribution in [3.8, 4) is 0 Å². The molecule has 0 aliphatic heterocycles. The minimum Gasteiger partial charge on any atom is -0.311 e. The van der Waals surface area contributed by atoms with E-state index in [1.165, 1.54) is 11.3 Å². The normalized spacial score (nSPS) is 11.7. The molecule has 0 saturated carbocycles. The third kappa shape index (κ3) is 4.42. The largest absolute Gasteiger partial charge is 0.311 e. The molecule has 0 aliphatic rings. The summed E-state index contributed by atoms with van der Waals surface area (Å²) in [6, 6.07) is 0. The van der Waals surface area contributed by atoms with Crippen LogP contribution in [0, 0.1) is 0 Å². The highest BCUT2D eigenvalue weighted by Gasteiger charge is 2.10. The van der Waals surface area contributed by atoms with Crippen LogP contribution >= 0.6 is 0 Å². The smallest absolute Gasteiger partial charge is 0.0694 e. The van der Waals surface area contributed by atoms with Crippen molar-refractivity contribution in [1.82, 2.24) is 20.0 Å². The first-order chi connectivity index (χ1) is 8.58. The van der Waals surface area contributed by atoms with Crippen LogP contribution in [0.1, 0.15) is 44.9 Å². The van der Waals surface area contributed by atoms with E-state index in [1.807, 2.05) is 11.7 Å². The lowest BCUT2D eigenvalue weighted by Crippen LogP contribution is -2.31. The van der Waals surface area contributed by atoms with Crippen LogP contribution in [0.5, 0.6) is 0 Å². The van der Waals surface area contributed by atoms with E-state index in [2.05, 4.69) is 49.2 Å². The Balaban J connectivity index is 2.39. The van der Waals surface area contributed by atoms with Crippen molar-refractivity contribution in [2.45, 2.75) is 40.2 Å². The molecule has 0 fully saturated rings. The number of likely N-dealkylation sites (N-methyl/N-ethyl adjacent to an activating group) is 1. The van der Waals surface area contributed by atoms with E-state index in [-0.39, 0.29) is 0 Å². The van der Waals surface area contributed by atoms with Gasteiger partial charge in [0.05, 0.1) is 5.69 Å². The van der Waals surface area contributed by atoms with Gasteiger partial charge in [-0.1, -0.05) is 27.7 Å². The van der Waals surface area contributed by atoms with Crippen LogP contribution in [-0.4, -0.2) is 40.9 Å². The SMILES string of the molecule is CCN(CC)CCNCc1cn(C)nc1C(C)C. The summed E-state index contributed by atoms with van der Waals surface area (Å²) in [6.45, 7) is 14.1. The number of rotatable bonds is 8. The van der Waals surface area contributed by atoms with E-state index >= 15 is 0 Å². The summed E-state index contributed by atoms with van der Waals surface area (Å²) < 4.78 is 1.91. The maximum absolute atomic E-state index is 4.52. The predicted molar refractivity (Wildman–Crippen MR) is 76.8 cm³/mol. The summed E-state index contributed by atoms with van der Waals surface area (Å²) in [7, 11) is 1.99. The number of hydrogen-bond acceptors (Lipinski definition) is 3. The van der Waals surface area contributed by atoms with Gasteiger partial charge in [0, 0.05) is 38.4 Å². The van der Waals surface area contributed by atoms with Crippen LogP contribution in [0.4, 0.5) is 0 Å². The monoisotopic (exact) mass is 252 g/mol. The molecule has 1 aromatic heterocycles. The molecule has 0 atom stereocenters. The second-order valence-corrected chi connectivity index (χ2v) is 5.07. The molecule has 1 heterocycles. The standard InChI is InChI=1S/C14H28N4/c1-6-18(7-2)9-8-15-10-13-11-17(5)16-14(13)12(3)4/h11-12,15H,6-10H2,1-5H3. The predicted octanol–water partition coefficient (Wildman–Crippen LogP) is 1.97. The number of nitrogens with zero attached hydrogens (tertiary/aromatic N) is 3. The van der Waals surface area contributed by atoms with Crippen molar-refractivity contribution in [3.63, 3.8) is 0 Å². The highest BCUT2D eigenvalue weighted by Crippen LogP contribution is 2.16. The Labute approximate surface area is 111 Å². The zero-order chi connectivity index (χ0) is 13.5. The summed E-state index contributed by atoms with van der Waals surface area (Å²) in [5.41, 5.74) is 2.54. The average Bonchev–Trinajstić information content (AvgIpc) is 2.71. The summed E-state index contributed by atoms with van der Waals surface area (Å²) in [5.74, 6) is 0.491. The Kier molecular flexibility index (Phi) is 6.36. The molecule has 1 rings (SSSR count). The van der Waals surface area contributed by atoms with Gasteiger partial charge in [0.25, 0.3) is 0 Å². The Morgan fingerprint density at radius 1 is 1.33 bits per heavy atom. The second-order valence-electron chi connectivity index (χ2n) is 5.07. The first kappa shape index (κ1) is 15.2. The van der Waals surface area contributed by atoms with E-state index in [1.54, 1.807) is 0 Å². The summed E-state index contributed by atoms with van der Waals surface area (Å²) in [5, 5.41) is 8.04. The molecule has 4 heteroatoms. The van der Waals surface area contributed by atoms with E-state index in [4.69, 9.17) is 0 Å². The highest BCUT2D eigenvalue weighted by atomic mass is 15.3. The molecule has 0 spiro atoms. The van der Waals surface area contributed by atoms with Crippen molar-refractivity contribution in [3.05, 3.63) is 17.5 Å². The van der Waals surface area contributed by atoms with Crippen LogP contribution in [0.3, 0.4) is 0 Å². The summed E-state index contributed by atoms with van der Waals surface area (Å²) in [6.07, 6.45) is 2.12. The van der Waals surface area contributed by atoms with Crippen LogP contribution in [0.2, 0.25) is 0 Å². The van der Waals surface area contributed by atoms with Gasteiger partial charge in [0.15, 0.2) is 0 Å². The van der Waals surface area contributed by atoms with Gasteiger partial charge in [0.1, 0.15) is 0 Å². The van der Waals surface area contributed by atoms with Crippen molar-refractivity contribution in [1.29, 1.82) is 0 Å². The Bertz CT molecular complexity index is 340. The van der Waals surface area contributed by atoms with Crippen molar-refractivity contribution in [2.75, 3.05) is 26.2 Å². The van der Waals surface area contributed by atoms with Crippen LogP contribution < -0.4 is 5.32 Å². The van der Waals surface area contributed by atoms with E-state index in [0.29, 0.717) is 5.92 Å². The number of hydrogen-bond donors (Lipinski definition) is 1. The molecule has 18 heavy (non-hydrogen) atoms. The quantitative estimate of drug-likeness (QED) is 0.718. The summed E-state index contributed by atoms with van der Waals surface area (Å²) >= 11 is 0. The Morgan fingerprint density at radius 2 is 2.00 bits per heavy atom. The number of aryl methyl sites for hydroxylation is 1. The fourth-order valence-corrected chi connectivity index (χ4v) is 2.18. The van der Waals surface area contributed by atoms with E-state index in [0.717, 1.165) is 32.7 Å². The van der Waals surface area contributed by atoms with Gasteiger partial charge < -0.3 is 10.2 Å². The molecule has 0 radical (unpaired) electrons. The third-order valence-corrected chi connectivity index (χ3v) is 3.30. The van der Waals surface area contributed by atoms with Crippen LogP contribution in [0.25, 0.3) is 0 Å². The minimum atomic E-state index is 0.491. The molecular weight excluding hydrogens is 224 g/mol. The molecule has 104 valence electrons. The van der Waals surface area contributed by atoms with Gasteiger partial charge in [-0.3, -0.25) is 4.68 Å². The van der Waals surface area contributed by atoms with Crippen molar-refractivity contribution >= 4 is 0 Å². The van der Waals surface area contributed by atoms with Crippen molar-refractivity contribution < 1.29 is 0 Å². The summed E-state index contributed by atoms with van der Waals surface area (Å²) in [4.78, 5) is 2.43. The number of aromatic nitrogens is 2.